The van der Waals surface area contributed by atoms with Crippen molar-refractivity contribution < 1.29 is 9.13 Å². The first kappa shape index (κ1) is 13.5. The van der Waals surface area contributed by atoms with Crippen molar-refractivity contribution in [3.8, 4) is 0 Å². The van der Waals surface area contributed by atoms with Gasteiger partial charge in [0, 0.05) is 25.8 Å². The number of piperidine rings is 1. The standard InChI is InChI=1S/C12H17ClFN3O/c13-9-7-11(14)12(16-8-9)17-4-1-10(2-5-17)18-6-3-15/h7-8,10H,1-6,15H2. The van der Waals surface area contributed by atoms with Gasteiger partial charge in [-0.25, -0.2) is 9.37 Å². The van der Waals surface area contributed by atoms with Gasteiger partial charge in [0.05, 0.1) is 17.7 Å². The highest BCUT2D eigenvalue weighted by Crippen LogP contribution is 2.23. The van der Waals surface area contributed by atoms with Crippen molar-refractivity contribution in [3.63, 3.8) is 0 Å². The van der Waals surface area contributed by atoms with Crippen LogP contribution >= 0.6 is 11.6 Å². The van der Waals surface area contributed by atoms with Crippen molar-refractivity contribution in [2.45, 2.75) is 18.9 Å². The highest BCUT2D eigenvalue weighted by Gasteiger charge is 2.22. The summed E-state index contributed by atoms with van der Waals surface area (Å²) < 4.78 is 19.3. The molecule has 1 fully saturated rings. The second-order valence-electron chi connectivity index (χ2n) is 4.30. The van der Waals surface area contributed by atoms with E-state index < -0.39 is 0 Å². The lowest BCUT2D eigenvalue weighted by atomic mass is 10.1. The fraction of sp³-hybridized carbons (Fsp3) is 0.583. The van der Waals surface area contributed by atoms with Crippen LogP contribution in [0.5, 0.6) is 0 Å². The van der Waals surface area contributed by atoms with Crippen molar-refractivity contribution >= 4 is 17.4 Å². The first-order chi connectivity index (χ1) is 8.70. The van der Waals surface area contributed by atoms with E-state index in [0.29, 0.717) is 24.0 Å². The second-order valence-corrected chi connectivity index (χ2v) is 4.74. The monoisotopic (exact) mass is 273 g/mol. The molecule has 1 aliphatic heterocycles. The van der Waals surface area contributed by atoms with Gasteiger partial charge < -0.3 is 15.4 Å². The van der Waals surface area contributed by atoms with Gasteiger partial charge in [-0.15, -0.1) is 0 Å². The lowest BCUT2D eigenvalue weighted by molar-refractivity contribution is 0.0420. The predicted octanol–water partition coefficient (Wildman–Crippen LogP) is 1.82. The Hall–Kier alpha value is -0.910. The maximum Gasteiger partial charge on any atom is 0.167 e. The van der Waals surface area contributed by atoms with Gasteiger partial charge in [0.15, 0.2) is 11.6 Å². The van der Waals surface area contributed by atoms with Crippen LogP contribution in [0, 0.1) is 5.82 Å². The smallest absolute Gasteiger partial charge is 0.167 e. The SMILES string of the molecule is NCCOC1CCN(c2ncc(Cl)cc2F)CC1. The number of anilines is 1. The van der Waals surface area contributed by atoms with Crippen LogP contribution in [-0.2, 0) is 4.74 Å². The minimum Gasteiger partial charge on any atom is -0.377 e. The molecule has 0 unspecified atom stereocenters. The minimum atomic E-state index is -0.371. The molecule has 0 bridgehead atoms. The molecule has 18 heavy (non-hydrogen) atoms. The van der Waals surface area contributed by atoms with E-state index in [0.717, 1.165) is 25.9 Å². The van der Waals surface area contributed by atoms with E-state index in [1.54, 1.807) is 0 Å². The van der Waals surface area contributed by atoms with E-state index in [4.69, 9.17) is 22.1 Å². The van der Waals surface area contributed by atoms with Gasteiger partial charge in [0.2, 0.25) is 0 Å². The Morgan fingerprint density at radius 2 is 2.22 bits per heavy atom. The van der Waals surface area contributed by atoms with Gasteiger partial charge in [-0.2, -0.15) is 0 Å². The van der Waals surface area contributed by atoms with Gasteiger partial charge in [0.1, 0.15) is 0 Å². The Morgan fingerprint density at radius 1 is 1.50 bits per heavy atom. The minimum absolute atomic E-state index is 0.222. The van der Waals surface area contributed by atoms with Crippen molar-refractivity contribution in [2.75, 3.05) is 31.1 Å². The molecule has 0 spiro atoms. The maximum absolute atomic E-state index is 13.7. The summed E-state index contributed by atoms with van der Waals surface area (Å²) in [6, 6.07) is 1.29. The second kappa shape index (κ2) is 6.31. The molecule has 1 saturated heterocycles. The Morgan fingerprint density at radius 3 is 2.83 bits per heavy atom. The zero-order valence-corrected chi connectivity index (χ0v) is 10.9. The highest BCUT2D eigenvalue weighted by atomic mass is 35.5. The van der Waals surface area contributed by atoms with Crippen LogP contribution in [0.2, 0.25) is 5.02 Å². The zero-order chi connectivity index (χ0) is 13.0. The van der Waals surface area contributed by atoms with Crippen LogP contribution in [0.4, 0.5) is 10.2 Å². The molecule has 1 aliphatic rings. The summed E-state index contributed by atoms with van der Waals surface area (Å²) in [6.45, 7) is 2.59. The van der Waals surface area contributed by atoms with E-state index in [1.807, 2.05) is 4.90 Å². The summed E-state index contributed by atoms with van der Waals surface area (Å²) in [4.78, 5) is 5.97. The van der Waals surface area contributed by atoms with Gasteiger partial charge in [-0.05, 0) is 18.9 Å². The summed E-state index contributed by atoms with van der Waals surface area (Å²) in [6.07, 6.45) is 3.42. The van der Waals surface area contributed by atoms with Crippen molar-refractivity contribution in [3.05, 3.63) is 23.1 Å². The number of hydrogen-bond acceptors (Lipinski definition) is 4. The fourth-order valence-electron chi connectivity index (χ4n) is 2.11. The first-order valence-corrected chi connectivity index (χ1v) is 6.46. The summed E-state index contributed by atoms with van der Waals surface area (Å²) in [5.41, 5.74) is 5.39. The average molecular weight is 274 g/mol. The summed E-state index contributed by atoms with van der Waals surface area (Å²) in [7, 11) is 0. The Balaban J connectivity index is 1.93. The molecule has 0 aliphatic carbocycles. The number of ether oxygens (including phenoxy) is 1. The Kier molecular flexibility index (Phi) is 4.74. The van der Waals surface area contributed by atoms with Gasteiger partial charge in [0.25, 0.3) is 0 Å². The van der Waals surface area contributed by atoms with E-state index >= 15 is 0 Å². The third-order valence-electron chi connectivity index (χ3n) is 3.00. The normalized spacial score (nSPS) is 17.2. The molecule has 2 heterocycles. The molecule has 0 radical (unpaired) electrons. The Labute approximate surface area is 111 Å². The summed E-state index contributed by atoms with van der Waals surface area (Å²) >= 11 is 5.68. The van der Waals surface area contributed by atoms with Crippen LogP contribution in [-0.4, -0.2) is 37.3 Å². The quantitative estimate of drug-likeness (QED) is 0.909. The number of halogens is 2. The number of hydrogen-bond donors (Lipinski definition) is 1. The molecule has 0 amide bonds. The topological polar surface area (TPSA) is 51.4 Å². The first-order valence-electron chi connectivity index (χ1n) is 6.08. The number of pyridine rings is 1. The molecule has 0 aromatic carbocycles. The van der Waals surface area contributed by atoms with Crippen molar-refractivity contribution in [2.24, 2.45) is 5.73 Å². The van der Waals surface area contributed by atoms with Crippen LogP contribution in [0.25, 0.3) is 0 Å². The van der Waals surface area contributed by atoms with Crippen molar-refractivity contribution in [1.82, 2.24) is 4.98 Å². The molecule has 100 valence electrons. The van der Waals surface area contributed by atoms with Gasteiger partial charge in [-0.3, -0.25) is 0 Å². The molecule has 0 atom stereocenters. The lowest BCUT2D eigenvalue weighted by Gasteiger charge is -2.32. The molecule has 4 nitrogen and oxygen atoms in total. The van der Waals surface area contributed by atoms with E-state index in [9.17, 15) is 4.39 Å². The van der Waals surface area contributed by atoms with E-state index in [-0.39, 0.29) is 11.9 Å². The average Bonchev–Trinajstić information content (AvgIpc) is 2.37. The summed E-state index contributed by atoms with van der Waals surface area (Å²) in [5, 5.41) is 0.317. The molecule has 1 aromatic rings. The highest BCUT2D eigenvalue weighted by molar-refractivity contribution is 6.30. The molecule has 2 N–H and O–H groups in total. The van der Waals surface area contributed by atoms with Crippen LogP contribution in [0.1, 0.15) is 12.8 Å². The lowest BCUT2D eigenvalue weighted by Crippen LogP contribution is -2.38. The number of aromatic nitrogens is 1. The van der Waals surface area contributed by atoms with Crippen molar-refractivity contribution in [1.29, 1.82) is 0 Å². The zero-order valence-electron chi connectivity index (χ0n) is 10.1. The van der Waals surface area contributed by atoms with Crippen LogP contribution in [0.3, 0.4) is 0 Å². The summed E-state index contributed by atoms with van der Waals surface area (Å²) in [5.74, 6) is 0.000464. The molecular formula is C12H17ClFN3O. The third kappa shape index (κ3) is 3.31. The molecule has 2 rings (SSSR count). The van der Waals surface area contributed by atoms with Gasteiger partial charge in [-0.1, -0.05) is 11.6 Å². The molecular weight excluding hydrogens is 257 g/mol. The maximum atomic E-state index is 13.7. The van der Waals surface area contributed by atoms with Gasteiger partial charge >= 0.3 is 0 Å². The van der Waals surface area contributed by atoms with Crippen LogP contribution < -0.4 is 10.6 Å². The molecule has 0 saturated carbocycles. The number of nitrogens with two attached hydrogens (primary N) is 1. The third-order valence-corrected chi connectivity index (χ3v) is 3.21. The predicted molar refractivity (Wildman–Crippen MR) is 69.4 cm³/mol. The van der Waals surface area contributed by atoms with E-state index in [2.05, 4.69) is 4.98 Å². The Bertz CT molecular complexity index is 397. The molecule has 6 heteroatoms. The number of rotatable bonds is 4. The fourth-order valence-corrected chi connectivity index (χ4v) is 2.25. The van der Waals surface area contributed by atoms with E-state index in [1.165, 1.54) is 12.3 Å². The largest absolute Gasteiger partial charge is 0.377 e. The number of nitrogens with zero attached hydrogens (tertiary/aromatic N) is 2. The molecule has 1 aromatic heterocycles. The van der Waals surface area contributed by atoms with Crippen LogP contribution in [0.15, 0.2) is 12.3 Å².